The quantitative estimate of drug-likeness (QED) is 0.506. The molecule has 1 aromatic carbocycles. The number of nitrogens with zero attached hydrogens (tertiary/aromatic N) is 5. The summed E-state index contributed by atoms with van der Waals surface area (Å²) in [5.74, 6) is -0.290. The van der Waals surface area contributed by atoms with Crippen molar-refractivity contribution in [1.29, 1.82) is 0 Å². The number of amides is 1. The third kappa shape index (κ3) is 3.28. The van der Waals surface area contributed by atoms with E-state index in [0.717, 1.165) is 20.1 Å². The third-order valence-corrected chi connectivity index (χ3v) is 6.65. The Bertz CT molecular complexity index is 1260. The molecule has 1 aliphatic heterocycles. The molecule has 4 aromatic rings. The lowest BCUT2D eigenvalue weighted by atomic mass is 10.1. The number of rotatable bonds is 4. The SMILES string of the molecule is O=C(Cn1nnc2ccccc2c1=O)N1N=C(c2cccs2)CC1c1cccs1. The van der Waals surface area contributed by atoms with Crippen molar-refractivity contribution in [1.82, 2.24) is 20.0 Å². The van der Waals surface area contributed by atoms with E-state index in [4.69, 9.17) is 0 Å². The lowest BCUT2D eigenvalue weighted by Crippen LogP contribution is -2.35. The van der Waals surface area contributed by atoms with Crippen molar-refractivity contribution in [2.24, 2.45) is 5.10 Å². The highest BCUT2D eigenvalue weighted by molar-refractivity contribution is 7.12. The molecule has 5 rings (SSSR count). The van der Waals surface area contributed by atoms with E-state index in [9.17, 15) is 9.59 Å². The first kappa shape index (κ1) is 17.9. The number of hydrogen-bond acceptors (Lipinski definition) is 7. The second kappa shape index (κ2) is 7.34. The monoisotopic (exact) mass is 421 g/mol. The summed E-state index contributed by atoms with van der Waals surface area (Å²) in [4.78, 5) is 27.9. The molecule has 3 aromatic heterocycles. The van der Waals surface area contributed by atoms with Gasteiger partial charge in [0.2, 0.25) is 0 Å². The highest BCUT2D eigenvalue weighted by atomic mass is 32.1. The molecule has 9 heteroatoms. The van der Waals surface area contributed by atoms with Crippen molar-refractivity contribution in [2.75, 3.05) is 0 Å². The second-order valence-electron chi connectivity index (χ2n) is 6.57. The zero-order valence-electron chi connectivity index (χ0n) is 15.1. The number of carbonyl (C=O) groups is 1. The maximum Gasteiger partial charge on any atom is 0.278 e. The third-order valence-electron chi connectivity index (χ3n) is 4.76. The number of carbonyl (C=O) groups excluding carboxylic acids is 1. The Balaban J connectivity index is 1.48. The van der Waals surface area contributed by atoms with E-state index in [1.54, 1.807) is 46.9 Å². The van der Waals surface area contributed by atoms with E-state index >= 15 is 0 Å². The van der Waals surface area contributed by atoms with Gasteiger partial charge in [-0.2, -0.15) is 5.10 Å². The number of hydrogen-bond donors (Lipinski definition) is 0. The van der Waals surface area contributed by atoms with Gasteiger partial charge in [0.05, 0.1) is 22.0 Å². The summed E-state index contributed by atoms with van der Waals surface area (Å²) in [7, 11) is 0. The van der Waals surface area contributed by atoms with Crippen LogP contribution < -0.4 is 5.56 Å². The Hall–Kier alpha value is -3.17. The minimum atomic E-state index is -0.335. The Morgan fingerprint density at radius 2 is 1.90 bits per heavy atom. The van der Waals surface area contributed by atoms with E-state index in [1.165, 1.54) is 5.01 Å². The van der Waals surface area contributed by atoms with Crippen LogP contribution in [0.2, 0.25) is 0 Å². The molecule has 0 saturated heterocycles. The molecule has 0 saturated carbocycles. The molecule has 29 heavy (non-hydrogen) atoms. The number of fused-ring (bicyclic) bond motifs is 1. The van der Waals surface area contributed by atoms with Gasteiger partial charge in [0.25, 0.3) is 11.5 Å². The van der Waals surface area contributed by atoms with Gasteiger partial charge in [-0.3, -0.25) is 9.59 Å². The molecule has 0 aliphatic carbocycles. The van der Waals surface area contributed by atoms with Gasteiger partial charge in [0, 0.05) is 11.3 Å². The molecule has 0 N–H and O–H groups in total. The molecule has 7 nitrogen and oxygen atoms in total. The largest absolute Gasteiger partial charge is 0.278 e. The van der Waals surface area contributed by atoms with Crippen LogP contribution in [0.25, 0.3) is 10.9 Å². The van der Waals surface area contributed by atoms with Crippen LogP contribution >= 0.6 is 22.7 Å². The van der Waals surface area contributed by atoms with Crippen molar-refractivity contribution in [3.05, 3.63) is 79.4 Å². The van der Waals surface area contributed by atoms with Crippen LogP contribution in [0.1, 0.15) is 22.2 Å². The zero-order valence-corrected chi connectivity index (χ0v) is 16.8. The summed E-state index contributed by atoms with van der Waals surface area (Å²) < 4.78 is 1.11. The van der Waals surface area contributed by atoms with Crippen molar-refractivity contribution < 1.29 is 4.79 Å². The van der Waals surface area contributed by atoms with E-state index in [1.807, 2.05) is 35.0 Å². The van der Waals surface area contributed by atoms with E-state index in [2.05, 4.69) is 15.4 Å². The zero-order chi connectivity index (χ0) is 19.8. The first-order valence-corrected chi connectivity index (χ1v) is 10.8. The lowest BCUT2D eigenvalue weighted by molar-refractivity contribution is -0.133. The normalized spacial score (nSPS) is 16.3. The molecule has 1 amide bonds. The van der Waals surface area contributed by atoms with Gasteiger partial charge in [-0.15, -0.1) is 27.8 Å². The van der Waals surface area contributed by atoms with Crippen molar-refractivity contribution in [2.45, 2.75) is 19.0 Å². The number of benzene rings is 1. The fourth-order valence-corrected chi connectivity index (χ4v) is 4.89. The molecule has 1 atom stereocenters. The molecule has 1 aliphatic rings. The summed E-state index contributed by atoms with van der Waals surface area (Å²) in [5.41, 5.74) is 1.05. The van der Waals surface area contributed by atoms with E-state index in [-0.39, 0.29) is 24.1 Å². The maximum atomic E-state index is 13.1. The van der Waals surface area contributed by atoms with Crippen molar-refractivity contribution >= 4 is 45.2 Å². The Morgan fingerprint density at radius 3 is 2.69 bits per heavy atom. The minimum absolute atomic E-state index is 0.177. The maximum absolute atomic E-state index is 13.1. The topological polar surface area (TPSA) is 80.4 Å². The molecule has 1 unspecified atom stereocenters. The molecule has 0 bridgehead atoms. The highest BCUT2D eigenvalue weighted by Crippen LogP contribution is 2.35. The van der Waals surface area contributed by atoms with Crippen molar-refractivity contribution in [3.63, 3.8) is 0 Å². The summed E-state index contributed by atoms with van der Waals surface area (Å²) in [6.45, 7) is -0.209. The molecular formula is C20H15N5O2S2. The molecule has 0 spiro atoms. The second-order valence-corrected chi connectivity index (χ2v) is 8.49. The van der Waals surface area contributed by atoms with Gasteiger partial charge in [-0.25, -0.2) is 9.69 Å². The first-order valence-electron chi connectivity index (χ1n) is 9.00. The van der Waals surface area contributed by atoms with Crippen LogP contribution in [0, 0.1) is 0 Å². The van der Waals surface area contributed by atoms with Crippen LogP contribution in [0.4, 0.5) is 0 Å². The fraction of sp³-hybridized carbons (Fsp3) is 0.150. The average molecular weight is 422 g/mol. The minimum Gasteiger partial charge on any atom is -0.271 e. The summed E-state index contributed by atoms with van der Waals surface area (Å²) in [5, 5.41) is 18.5. The predicted octanol–water partition coefficient (Wildman–Crippen LogP) is 3.29. The summed E-state index contributed by atoms with van der Waals surface area (Å²) in [6.07, 6.45) is 0.644. The van der Waals surface area contributed by atoms with Gasteiger partial charge >= 0.3 is 0 Å². The van der Waals surface area contributed by atoms with Crippen LogP contribution in [-0.2, 0) is 11.3 Å². The number of thiophene rings is 2. The Morgan fingerprint density at radius 1 is 1.07 bits per heavy atom. The summed E-state index contributed by atoms with van der Waals surface area (Å²) >= 11 is 3.19. The van der Waals surface area contributed by atoms with Gasteiger partial charge in [0.15, 0.2) is 0 Å². The fourth-order valence-electron chi connectivity index (χ4n) is 3.36. The molecule has 0 radical (unpaired) electrons. The van der Waals surface area contributed by atoms with Gasteiger partial charge in [0.1, 0.15) is 12.1 Å². The highest BCUT2D eigenvalue weighted by Gasteiger charge is 2.34. The summed E-state index contributed by atoms with van der Waals surface area (Å²) in [6, 6.07) is 14.7. The predicted molar refractivity (Wildman–Crippen MR) is 113 cm³/mol. The van der Waals surface area contributed by atoms with Gasteiger partial charge < -0.3 is 0 Å². The van der Waals surface area contributed by atoms with Crippen LogP contribution in [-0.4, -0.2) is 31.6 Å². The van der Waals surface area contributed by atoms with E-state index < -0.39 is 0 Å². The smallest absolute Gasteiger partial charge is 0.271 e. The standard InChI is InChI=1S/C20H15N5O2S2/c26-19(12-24-20(27)13-5-1-2-6-14(13)21-23-24)25-16(18-8-4-10-29-18)11-15(22-25)17-7-3-9-28-17/h1-10,16H,11-12H2. The Kier molecular flexibility index (Phi) is 4.53. The van der Waals surface area contributed by atoms with E-state index in [0.29, 0.717) is 17.3 Å². The van der Waals surface area contributed by atoms with Gasteiger partial charge in [-0.05, 0) is 35.0 Å². The molecule has 4 heterocycles. The van der Waals surface area contributed by atoms with Crippen LogP contribution in [0.5, 0.6) is 0 Å². The molecule has 144 valence electrons. The van der Waals surface area contributed by atoms with Crippen LogP contribution in [0.3, 0.4) is 0 Å². The van der Waals surface area contributed by atoms with Gasteiger partial charge in [-0.1, -0.05) is 29.5 Å². The lowest BCUT2D eigenvalue weighted by Gasteiger charge is -2.20. The number of aromatic nitrogens is 3. The number of hydrazone groups is 1. The van der Waals surface area contributed by atoms with Crippen LogP contribution in [0.15, 0.2) is 69.2 Å². The van der Waals surface area contributed by atoms with Crippen molar-refractivity contribution in [3.8, 4) is 0 Å². The average Bonchev–Trinajstić information content (AvgIpc) is 3.50. The molecule has 0 fully saturated rings. The molecular weight excluding hydrogens is 406 g/mol. The first-order chi connectivity index (χ1) is 14.2. The Labute approximate surface area is 173 Å².